The number of carboxylic acids is 2. The van der Waals surface area contributed by atoms with Crippen molar-refractivity contribution in [3.05, 3.63) is 35.9 Å². The fourth-order valence-corrected chi connectivity index (χ4v) is 4.08. The molecule has 1 aromatic rings. The Morgan fingerprint density at radius 1 is 0.652 bits per heavy atom. The van der Waals surface area contributed by atoms with E-state index < -0.39 is 96.5 Å². The number of carboxylic acid groups (broad SMARTS) is 2. The van der Waals surface area contributed by atoms with Gasteiger partial charge in [-0.2, -0.15) is 0 Å². The van der Waals surface area contributed by atoms with Gasteiger partial charge in [0.2, 0.25) is 35.4 Å². The number of hydrogen-bond donors (Lipinski definition) is 9. The number of aliphatic carboxylic acids is 2. The second-order valence-corrected chi connectivity index (χ2v) is 11.2. The third-order valence-electron chi connectivity index (χ3n) is 6.51. The van der Waals surface area contributed by atoms with Crippen molar-refractivity contribution in [3.63, 3.8) is 0 Å². The Balaban J connectivity index is 2.95. The highest BCUT2D eigenvalue weighted by atomic mass is 16.4. The average Bonchev–Trinajstić information content (AvgIpc) is 2.95. The predicted molar refractivity (Wildman–Crippen MR) is 162 cm³/mol. The van der Waals surface area contributed by atoms with Crippen molar-refractivity contribution in [2.24, 2.45) is 17.4 Å². The molecule has 6 amide bonds. The summed E-state index contributed by atoms with van der Waals surface area (Å²) in [7, 11) is 0. The van der Waals surface area contributed by atoms with Crippen LogP contribution in [0.3, 0.4) is 0 Å². The third kappa shape index (κ3) is 14.1. The van der Waals surface area contributed by atoms with Gasteiger partial charge in [-0.25, -0.2) is 4.79 Å². The largest absolute Gasteiger partial charge is 0.481 e. The molecule has 0 unspecified atom stereocenters. The lowest BCUT2D eigenvalue weighted by atomic mass is 10.0. The van der Waals surface area contributed by atoms with Gasteiger partial charge in [0.25, 0.3) is 0 Å². The Kier molecular flexibility index (Phi) is 15.8. The molecule has 1 rings (SSSR count). The van der Waals surface area contributed by atoms with Crippen molar-refractivity contribution >= 4 is 47.4 Å². The van der Waals surface area contributed by atoms with Crippen LogP contribution in [-0.4, -0.2) is 93.8 Å². The molecular weight excluding hydrogens is 606 g/mol. The van der Waals surface area contributed by atoms with E-state index in [-0.39, 0.29) is 18.8 Å². The summed E-state index contributed by atoms with van der Waals surface area (Å²) in [5, 5.41) is 30.4. The highest BCUT2D eigenvalue weighted by molar-refractivity contribution is 5.97. The number of primary amides is 1. The summed E-state index contributed by atoms with van der Waals surface area (Å²) in [6, 6.07) is 0.565. The lowest BCUT2D eigenvalue weighted by Crippen LogP contribution is -2.58. The predicted octanol–water partition coefficient (Wildman–Crippen LogP) is -2.50. The molecular formula is C29H43N7O10. The zero-order chi connectivity index (χ0) is 35.1. The van der Waals surface area contributed by atoms with Crippen molar-refractivity contribution in [3.8, 4) is 0 Å². The van der Waals surface area contributed by atoms with E-state index in [1.807, 2.05) is 0 Å². The van der Waals surface area contributed by atoms with E-state index in [0.717, 1.165) is 0 Å². The number of rotatable bonds is 19. The van der Waals surface area contributed by atoms with Crippen LogP contribution in [-0.2, 0) is 44.8 Å². The van der Waals surface area contributed by atoms with Crippen LogP contribution in [0.4, 0.5) is 0 Å². The van der Waals surface area contributed by atoms with Gasteiger partial charge in [-0.15, -0.1) is 0 Å². The molecule has 0 spiro atoms. The van der Waals surface area contributed by atoms with Gasteiger partial charge in [0, 0.05) is 6.42 Å². The van der Waals surface area contributed by atoms with Crippen LogP contribution in [0, 0.1) is 5.92 Å². The highest BCUT2D eigenvalue weighted by Gasteiger charge is 2.31. The van der Waals surface area contributed by atoms with E-state index in [2.05, 4.69) is 26.6 Å². The maximum Gasteiger partial charge on any atom is 0.326 e. The maximum absolute atomic E-state index is 13.1. The van der Waals surface area contributed by atoms with Crippen LogP contribution in [0.2, 0.25) is 0 Å². The molecule has 0 fully saturated rings. The normalized spacial score (nSPS) is 14.7. The molecule has 46 heavy (non-hydrogen) atoms. The third-order valence-corrected chi connectivity index (χ3v) is 6.51. The van der Waals surface area contributed by atoms with Crippen molar-refractivity contribution in [1.29, 1.82) is 0 Å². The summed E-state index contributed by atoms with van der Waals surface area (Å²) >= 11 is 0. The second-order valence-electron chi connectivity index (χ2n) is 11.2. The van der Waals surface area contributed by atoms with Gasteiger partial charge in [-0.05, 0) is 31.7 Å². The van der Waals surface area contributed by atoms with Gasteiger partial charge in [0.1, 0.15) is 30.2 Å². The minimum absolute atomic E-state index is 0.0132. The van der Waals surface area contributed by atoms with Crippen molar-refractivity contribution in [2.75, 3.05) is 0 Å². The number of carbonyl (C=O) groups is 8. The molecule has 1 aromatic carbocycles. The first-order valence-electron chi connectivity index (χ1n) is 14.4. The molecule has 0 radical (unpaired) electrons. The summed E-state index contributed by atoms with van der Waals surface area (Å²) in [6.07, 6.45) is -1.27. The Hall–Kier alpha value is -5.06. The van der Waals surface area contributed by atoms with Crippen LogP contribution >= 0.6 is 0 Å². The molecule has 0 aliphatic carbocycles. The first-order valence-corrected chi connectivity index (χ1v) is 14.4. The van der Waals surface area contributed by atoms with E-state index >= 15 is 0 Å². The molecule has 0 aliphatic heterocycles. The minimum atomic E-state index is -1.66. The number of hydrogen-bond acceptors (Lipinski definition) is 9. The molecule has 17 nitrogen and oxygen atoms in total. The zero-order valence-corrected chi connectivity index (χ0v) is 26.1. The maximum atomic E-state index is 13.1. The second kappa shape index (κ2) is 18.7. The quantitative estimate of drug-likeness (QED) is 0.0755. The van der Waals surface area contributed by atoms with Crippen molar-refractivity contribution in [1.82, 2.24) is 26.6 Å². The van der Waals surface area contributed by atoms with Crippen LogP contribution in [0.5, 0.6) is 0 Å². The number of nitrogens with one attached hydrogen (secondary N) is 5. The molecule has 0 saturated carbocycles. The smallest absolute Gasteiger partial charge is 0.326 e. The summed E-state index contributed by atoms with van der Waals surface area (Å²) in [4.78, 5) is 97.9. The molecule has 11 N–H and O–H groups in total. The summed E-state index contributed by atoms with van der Waals surface area (Å²) in [5.41, 5.74) is 11.2. The van der Waals surface area contributed by atoms with E-state index in [4.69, 9.17) is 16.6 Å². The Bertz CT molecular complexity index is 1270. The number of nitrogens with two attached hydrogens (primary N) is 2. The van der Waals surface area contributed by atoms with Gasteiger partial charge < -0.3 is 48.3 Å². The summed E-state index contributed by atoms with van der Waals surface area (Å²) < 4.78 is 0. The number of carbonyl (C=O) groups excluding carboxylic acids is 6. The van der Waals surface area contributed by atoms with Crippen LogP contribution in [0.1, 0.15) is 52.5 Å². The number of benzene rings is 1. The van der Waals surface area contributed by atoms with Crippen LogP contribution in [0.15, 0.2) is 30.3 Å². The topological polar surface area (TPSA) is 289 Å². The van der Waals surface area contributed by atoms with Gasteiger partial charge in [0.05, 0.1) is 18.9 Å². The molecule has 0 bridgehead atoms. The minimum Gasteiger partial charge on any atom is -0.481 e. The standard InChI is InChI=1S/C29H43N7O10/c1-14(2)10-21(29(45)46)36-28(44)19(11-17-8-6-5-7-9-17)34-25(41)16(4)32-24(40)15(3)33-27(43)20(13-23(38)39)35-26(42)18(30)12-22(31)37/h5-9,14-16,18-21H,10-13,30H2,1-4H3,(H2,31,37)(H,32,40)(H,33,43)(H,34,41)(H,35,42)(H,36,44)(H,38,39)(H,45,46)/t15-,16-,18-,19-,20-,21-/m0/s1. The lowest BCUT2D eigenvalue weighted by molar-refractivity contribution is -0.143. The molecule has 0 saturated heterocycles. The Morgan fingerprint density at radius 2 is 1.13 bits per heavy atom. The fourth-order valence-electron chi connectivity index (χ4n) is 4.08. The van der Waals surface area contributed by atoms with Gasteiger partial charge in [-0.1, -0.05) is 44.2 Å². The highest BCUT2D eigenvalue weighted by Crippen LogP contribution is 2.08. The van der Waals surface area contributed by atoms with Gasteiger partial charge in [0.15, 0.2) is 0 Å². The van der Waals surface area contributed by atoms with Crippen LogP contribution < -0.4 is 38.1 Å². The first kappa shape index (κ1) is 39.0. The van der Waals surface area contributed by atoms with Crippen molar-refractivity contribution < 1.29 is 48.6 Å². The van der Waals surface area contributed by atoms with Crippen LogP contribution in [0.25, 0.3) is 0 Å². The number of amides is 6. The molecule has 0 aliphatic rings. The van der Waals surface area contributed by atoms with Gasteiger partial charge >= 0.3 is 11.9 Å². The molecule has 17 heteroatoms. The van der Waals surface area contributed by atoms with E-state index in [1.165, 1.54) is 13.8 Å². The van der Waals surface area contributed by atoms with E-state index in [0.29, 0.717) is 5.56 Å². The lowest BCUT2D eigenvalue weighted by Gasteiger charge is -2.25. The fraction of sp³-hybridized carbons (Fsp3) is 0.517. The zero-order valence-electron chi connectivity index (χ0n) is 26.1. The van der Waals surface area contributed by atoms with Crippen molar-refractivity contribution in [2.45, 2.75) is 89.6 Å². The molecule has 6 atom stereocenters. The molecule has 254 valence electrons. The Labute approximate surface area is 265 Å². The SMILES string of the molecule is CC(C)C[C@H](NC(=O)[C@H](Cc1ccccc1)NC(=O)[C@H](C)NC(=O)[C@H](C)NC(=O)[C@H](CC(=O)O)NC(=O)[C@@H](N)CC(N)=O)C(=O)O. The monoisotopic (exact) mass is 649 g/mol. The molecule has 0 aromatic heterocycles. The summed E-state index contributed by atoms with van der Waals surface area (Å²) in [5.74, 6) is -8.12. The average molecular weight is 650 g/mol. The van der Waals surface area contributed by atoms with E-state index in [9.17, 15) is 43.5 Å². The van der Waals surface area contributed by atoms with E-state index in [1.54, 1.807) is 44.2 Å². The Morgan fingerprint density at radius 3 is 1.63 bits per heavy atom. The van der Waals surface area contributed by atoms with Gasteiger partial charge in [-0.3, -0.25) is 33.6 Å². The first-order chi connectivity index (χ1) is 21.4. The molecule has 0 heterocycles. The summed E-state index contributed by atoms with van der Waals surface area (Å²) in [6.45, 7) is 6.14.